The Morgan fingerprint density at radius 1 is 1.28 bits per heavy atom. The van der Waals surface area contributed by atoms with Crippen LogP contribution in [0.5, 0.6) is 0 Å². The first kappa shape index (κ1) is 15.1. The van der Waals surface area contributed by atoms with Gasteiger partial charge < -0.3 is 10.4 Å². The van der Waals surface area contributed by atoms with Gasteiger partial charge in [-0.3, -0.25) is 4.98 Å². The second-order valence-corrected chi connectivity index (χ2v) is 5.46. The minimum absolute atomic E-state index is 0.265. The van der Waals surface area contributed by atoms with Gasteiger partial charge in [0, 0.05) is 18.8 Å². The summed E-state index contributed by atoms with van der Waals surface area (Å²) in [4.78, 5) is 4.44. The van der Waals surface area contributed by atoms with Crippen molar-refractivity contribution < 1.29 is 5.11 Å². The maximum absolute atomic E-state index is 8.92. The Kier molecular flexibility index (Phi) is 6.91. The van der Waals surface area contributed by atoms with E-state index in [-0.39, 0.29) is 6.61 Å². The maximum atomic E-state index is 8.92. The molecule has 0 aliphatic carbocycles. The SMILES string of the molecule is CC(C)CC(NCC(C)CCO)c1ccccn1. The van der Waals surface area contributed by atoms with Crippen LogP contribution in [0.2, 0.25) is 0 Å². The van der Waals surface area contributed by atoms with E-state index in [4.69, 9.17) is 5.11 Å². The molecular weight excluding hydrogens is 224 g/mol. The highest BCUT2D eigenvalue weighted by Gasteiger charge is 2.14. The van der Waals surface area contributed by atoms with Gasteiger partial charge in [-0.2, -0.15) is 0 Å². The van der Waals surface area contributed by atoms with Gasteiger partial charge in [0.25, 0.3) is 0 Å². The monoisotopic (exact) mass is 250 g/mol. The second kappa shape index (κ2) is 8.22. The van der Waals surface area contributed by atoms with Gasteiger partial charge in [-0.15, -0.1) is 0 Å². The van der Waals surface area contributed by atoms with Crippen molar-refractivity contribution in [3.05, 3.63) is 30.1 Å². The van der Waals surface area contributed by atoms with Gasteiger partial charge >= 0.3 is 0 Å². The summed E-state index contributed by atoms with van der Waals surface area (Å²) >= 11 is 0. The highest BCUT2D eigenvalue weighted by molar-refractivity contribution is 5.08. The average molecular weight is 250 g/mol. The largest absolute Gasteiger partial charge is 0.396 e. The number of nitrogens with zero attached hydrogens (tertiary/aromatic N) is 1. The lowest BCUT2D eigenvalue weighted by Gasteiger charge is -2.22. The normalized spacial score (nSPS) is 14.7. The summed E-state index contributed by atoms with van der Waals surface area (Å²) in [6, 6.07) is 6.38. The van der Waals surface area contributed by atoms with Crippen LogP contribution in [0.1, 0.15) is 45.3 Å². The van der Waals surface area contributed by atoms with Crippen LogP contribution in [-0.4, -0.2) is 23.2 Å². The Morgan fingerprint density at radius 3 is 2.61 bits per heavy atom. The van der Waals surface area contributed by atoms with Gasteiger partial charge in [0.2, 0.25) is 0 Å². The molecule has 1 rings (SSSR count). The lowest BCUT2D eigenvalue weighted by atomic mass is 9.99. The minimum Gasteiger partial charge on any atom is -0.396 e. The molecule has 0 saturated heterocycles. The zero-order chi connectivity index (χ0) is 13.4. The van der Waals surface area contributed by atoms with Crippen LogP contribution < -0.4 is 5.32 Å². The first-order valence-corrected chi connectivity index (χ1v) is 6.88. The molecule has 0 amide bonds. The van der Waals surface area contributed by atoms with Crippen molar-refractivity contribution in [2.45, 2.75) is 39.7 Å². The van der Waals surface area contributed by atoms with Crippen LogP contribution in [0.25, 0.3) is 0 Å². The van der Waals surface area contributed by atoms with Crippen molar-refractivity contribution in [2.75, 3.05) is 13.2 Å². The van der Waals surface area contributed by atoms with E-state index in [9.17, 15) is 0 Å². The lowest BCUT2D eigenvalue weighted by Crippen LogP contribution is -2.28. The number of rotatable bonds is 8. The van der Waals surface area contributed by atoms with E-state index in [0.717, 1.165) is 25.1 Å². The molecule has 1 heterocycles. The van der Waals surface area contributed by atoms with Gasteiger partial charge in [-0.05, 0) is 43.4 Å². The third-order valence-electron chi connectivity index (χ3n) is 3.09. The smallest absolute Gasteiger partial charge is 0.0573 e. The Labute approximate surface area is 111 Å². The quantitative estimate of drug-likeness (QED) is 0.745. The summed E-state index contributed by atoms with van der Waals surface area (Å²) in [5.74, 6) is 1.13. The van der Waals surface area contributed by atoms with Crippen LogP contribution in [0, 0.1) is 11.8 Å². The van der Waals surface area contributed by atoms with E-state index >= 15 is 0 Å². The van der Waals surface area contributed by atoms with E-state index in [1.807, 2.05) is 18.3 Å². The zero-order valence-electron chi connectivity index (χ0n) is 11.8. The fourth-order valence-corrected chi connectivity index (χ4v) is 2.03. The predicted octanol–water partition coefficient (Wildman–Crippen LogP) is 2.78. The van der Waals surface area contributed by atoms with Crippen molar-refractivity contribution in [1.29, 1.82) is 0 Å². The third-order valence-corrected chi connectivity index (χ3v) is 3.09. The van der Waals surface area contributed by atoms with Crippen molar-refractivity contribution >= 4 is 0 Å². The molecule has 2 atom stereocenters. The van der Waals surface area contributed by atoms with Crippen LogP contribution >= 0.6 is 0 Å². The molecule has 18 heavy (non-hydrogen) atoms. The summed E-state index contributed by atoms with van der Waals surface area (Å²) in [7, 11) is 0. The van der Waals surface area contributed by atoms with Crippen molar-refractivity contribution in [3.8, 4) is 0 Å². The Morgan fingerprint density at radius 2 is 2.06 bits per heavy atom. The molecule has 0 radical (unpaired) electrons. The lowest BCUT2D eigenvalue weighted by molar-refractivity contribution is 0.255. The molecule has 0 fully saturated rings. The van der Waals surface area contributed by atoms with Gasteiger partial charge in [-0.1, -0.05) is 26.8 Å². The molecule has 0 aliphatic rings. The number of aliphatic hydroxyl groups is 1. The van der Waals surface area contributed by atoms with Crippen LogP contribution in [0.15, 0.2) is 24.4 Å². The van der Waals surface area contributed by atoms with Crippen molar-refractivity contribution in [2.24, 2.45) is 11.8 Å². The number of hydrogen-bond donors (Lipinski definition) is 2. The summed E-state index contributed by atoms with van der Waals surface area (Å²) in [5, 5.41) is 12.5. The Bertz CT molecular complexity index is 314. The van der Waals surface area contributed by atoms with Crippen LogP contribution in [0.3, 0.4) is 0 Å². The standard InChI is InChI=1S/C15H26N2O/c1-12(2)10-15(14-6-4-5-8-16-14)17-11-13(3)7-9-18/h4-6,8,12-13,15,17-18H,7,9-11H2,1-3H3. The van der Waals surface area contributed by atoms with Crippen molar-refractivity contribution in [3.63, 3.8) is 0 Å². The van der Waals surface area contributed by atoms with Gasteiger partial charge in [0.05, 0.1) is 5.69 Å². The molecule has 0 bridgehead atoms. The number of hydrogen-bond acceptors (Lipinski definition) is 3. The van der Waals surface area contributed by atoms with Gasteiger partial charge in [-0.25, -0.2) is 0 Å². The molecule has 1 aromatic rings. The van der Waals surface area contributed by atoms with E-state index in [1.54, 1.807) is 0 Å². The molecule has 1 aromatic heterocycles. The molecule has 0 spiro atoms. The number of pyridine rings is 1. The molecular formula is C15H26N2O. The van der Waals surface area contributed by atoms with E-state index in [0.29, 0.717) is 17.9 Å². The van der Waals surface area contributed by atoms with E-state index < -0.39 is 0 Å². The molecule has 3 heteroatoms. The number of aliphatic hydroxyl groups excluding tert-OH is 1. The van der Waals surface area contributed by atoms with Gasteiger partial charge in [0.15, 0.2) is 0 Å². The fourth-order valence-electron chi connectivity index (χ4n) is 2.03. The first-order chi connectivity index (χ1) is 8.63. The average Bonchev–Trinajstić information content (AvgIpc) is 2.35. The molecule has 3 nitrogen and oxygen atoms in total. The van der Waals surface area contributed by atoms with Crippen LogP contribution in [-0.2, 0) is 0 Å². The molecule has 0 aromatic carbocycles. The van der Waals surface area contributed by atoms with Gasteiger partial charge in [0.1, 0.15) is 0 Å². The zero-order valence-corrected chi connectivity index (χ0v) is 11.8. The van der Waals surface area contributed by atoms with E-state index in [1.165, 1.54) is 0 Å². The van der Waals surface area contributed by atoms with E-state index in [2.05, 4.69) is 37.1 Å². The molecule has 102 valence electrons. The molecule has 0 aliphatic heterocycles. The van der Waals surface area contributed by atoms with Crippen molar-refractivity contribution in [1.82, 2.24) is 10.3 Å². The third kappa shape index (κ3) is 5.61. The summed E-state index contributed by atoms with van der Waals surface area (Å²) in [6.45, 7) is 7.81. The molecule has 2 unspecified atom stereocenters. The predicted molar refractivity (Wildman–Crippen MR) is 75.3 cm³/mol. The highest BCUT2D eigenvalue weighted by atomic mass is 16.3. The number of aromatic nitrogens is 1. The number of nitrogens with one attached hydrogen (secondary N) is 1. The first-order valence-electron chi connectivity index (χ1n) is 6.88. The Hall–Kier alpha value is -0.930. The van der Waals surface area contributed by atoms with Crippen LogP contribution in [0.4, 0.5) is 0 Å². The maximum Gasteiger partial charge on any atom is 0.0573 e. The summed E-state index contributed by atoms with van der Waals surface area (Å²) < 4.78 is 0. The second-order valence-electron chi connectivity index (χ2n) is 5.46. The summed E-state index contributed by atoms with van der Waals surface area (Å²) in [5.41, 5.74) is 1.11. The fraction of sp³-hybridized carbons (Fsp3) is 0.667. The molecule has 2 N–H and O–H groups in total. The molecule has 0 saturated carbocycles. The minimum atomic E-state index is 0.265. The highest BCUT2D eigenvalue weighted by Crippen LogP contribution is 2.19. The topological polar surface area (TPSA) is 45.1 Å². The summed E-state index contributed by atoms with van der Waals surface area (Å²) in [6.07, 6.45) is 3.79. The Balaban J connectivity index is 2.56.